The topological polar surface area (TPSA) is 12.0 Å². The van der Waals surface area contributed by atoms with Crippen molar-refractivity contribution in [2.75, 3.05) is 13.1 Å². The van der Waals surface area contributed by atoms with Gasteiger partial charge < -0.3 is 5.32 Å². The van der Waals surface area contributed by atoms with Gasteiger partial charge in [0.15, 0.2) is 0 Å². The zero-order chi connectivity index (χ0) is 8.27. The molecule has 0 amide bonds. The van der Waals surface area contributed by atoms with Crippen LogP contribution >= 0.6 is 0 Å². The SMILES string of the molecule is CC.CC1C2CCC1CNC2. The second-order valence-electron chi connectivity index (χ2n) is 3.61. The normalized spacial score (nSPS) is 41.2. The molecule has 2 fully saturated rings. The van der Waals surface area contributed by atoms with E-state index in [1.165, 1.54) is 25.9 Å². The molecule has 1 heterocycles. The Morgan fingerprint density at radius 3 is 1.82 bits per heavy atom. The summed E-state index contributed by atoms with van der Waals surface area (Å²) in [5.74, 6) is 3.05. The standard InChI is InChI=1S/C8H15N.C2H6/c1-6-7-2-3-8(6)5-9-4-7;1-2/h6-9H,2-5H2,1H3;1-2H3. The van der Waals surface area contributed by atoms with Crippen LogP contribution in [0.1, 0.15) is 33.6 Å². The molecule has 1 aliphatic heterocycles. The van der Waals surface area contributed by atoms with Gasteiger partial charge in [0.2, 0.25) is 0 Å². The Kier molecular flexibility index (Phi) is 3.38. The maximum absolute atomic E-state index is 3.48. The Bertz CT molecular complexity index is 95.4. The van der Waals surface area contributed by atoms with E-state index >= 15 is 0 Å². The van der Waals surface area contributed by atoms with Crippen molar-refractivity contribution in [3.8, 4) is 0 Å². The van der Waals surface area contributed by atoms with Gasteiger partial charge in [0.25, 0.3) is 0 Å². The summed E-state index contributed by atoms with van der Waals surface area (Å²) in [6.07, 6.45) is 2.97. The van der Waals surface area contributed by atoms with Crippen molar-refractivity contribution in [1.29, 1.82) is 0 Å². The third kappa shape index (κ3) is 1.76. The molecule has 1 N–H and O–H groups in total. The van der Waals surface area contributed by atoms with Crippen LogP contribution in [0.4, 0.5) is 0 Å². The molecule has 0 aromatic carbocycles. The van der Waals surface area contributed by atoms with Crippen molar-refractivity contribution in [1.82, 2.24) is 5.32 Å². The van der Waals surface area contributed by atoms with Gasteiger partial charge in [-0.3, -0.25) is 0 Å². The number of fused-ring (bicyclic) bond motifs is 2. The highest BCUT2D eigenvalue weighted by Gasteiger charge is 2.35. The zero-order valence-corrected chi connectivity index (χ0v) is 8.06. The molecule has 1 saturated heterocycles. The van der Waals surface area contributed by atoms with Gasteiger partial charge in [-0.05, 0) is 43.7 Å². The molecule has 0 spiro atoms. The monoisotopic (exact) mass is 155 g/mol. The zero-order valence-electron chi connectivity index (χ0n) is 8.06. The molecule has 2 aliphatic rings. The lowest BCUT2D eigenvalue weighted by Crippen LogP contribution is -2.36. The Labute approximate surface area is 70.6 Å². The van der Waals surface area contributed by atoms with Gasteiger partial charge in [-0.1, -0.05) is 20.8 Å². The van der Waals surface area contributed by atoms with E-state index in [1.807, 2.05) is 13.8 Å². The Morgan fingerprint density at radius 1 is 1.00 bits per heavy atom. The summed E-state index contributed by atoms with van der Waals surface area (Å²) >= 11 is 0. The van der Waals surface area contributed by atoms with Crippen LogP contribution in [0.3, 0.4) is 0 Å². The fourth-order valence-electron chi connectivity index (χ4n) is 2.37. The van der Waals surface area contributed by atoms with Crippen LogP contribution in [0.5, 0.6) is 0 Å². The first kappa shape index (κ1) is 9.05. The Morgan fingerprint density at radius 2 is 1.45 bits per heavy atom. The largest absolute Gasteiger partial charge is 0.316 e. The summed E-state index contributed by atoms with van der Waals surface area (Å²) < 4.78 is 0. The summed E-state index contributed by atoms with van der Waals surface area (Å²) in [6.45, 7) is 9.00. The first-order valence-electron chi connectivity index (χ1n) is 5.08. The molecule has 2 bridgehead atoms. The fourth-order valence-corrected chi connectivity index (χ4v) is 2.37. The molecule has 0 aromatic heterocycles. The minimum Gasteiger partial charge on any atom is -0.316 e. The van der Waals surface area contributed by atoms with Gasteiger partial charge >= 0.3 is 0 Å². The number of piperidine rings is 1. The van der Waals surface area contributed by atoms with Gasteiger partial charge in [-0.25, -0.2) is 0 Å². The molecule has 2 atom stereocenters. The van der Waals surface area contributed by atoms with Crippen LogP contribution in [0, 0.1) is 17.8 Å². The van der Waals surface area contributed by atoms with Crippen LogP contribution in [0.15, 0.2) is 0 Å². The predicted octanol–water partition coefficient (Wildman–Crippen LogP) is 2.28. The number of nitrogens with one attached hydrogen (secondary N) is 1. The number of hydrogen-bond donors (Lipinski definition) is 1. The first-order chi connectivity index (χ1) is 5.38. The van der Waals surface area contributed by atoms with E-state index in [-0.39, 0.29) is 0 Å². The smallest absolute Gasteiger partial charge is 0.00177 e. The van der Waals surface area contributed by atoms with Crippen LogP contribution < -0.4 is 5.32 Å². The van der Waals surface area contributed by atoms with E-state index in [4.69, 9.17) is 0 Å². The third-order valence-corrected chi connectivity index (χ3v) is 3.21. The molecule has 1 aliphatic carbocycles. The van der Waals surface area contributed by atoms with Gasteiger partial charge in [0.05, 0.1) is 0 Å². The molecule has 2 rings (SSSR count). The molecular weight excluding hydrogens is 134 g/mol. The molecular formula is C10H21N. The average Bonchev–Trinajstić information content (AvgIpc) is 2.30. The predicted molar refractivity (Wildman–Crippen MR) is 49.6 cm³/mol. The molecule has 0 aromatic rings. The van der Waals surface area contributed by atoms with Crippen molar-refractivity contribution in [2.24, 2.45) is 17.8 Å². The van der Waals surface area contributed by atoms with Crippen molar-refractivity contribution < 1.29 is 0 Å². The maximum atomic E-state index is 3.48. The fraction of sp³-hybridized carbons (Fsp3) is 1.00. The van der Waals surface area contributed by atoms with E-state index in [2.05, 4.69) is 12.2 Å². The van der Waals surface area contributed by atoms with E-state index in [1.54, 1.807) is 0 Å². The van der Waals surface area contributed by atoms with Gasteiger partial charge in [0, 0.05) is 0 Å². The molecule has 1 heteroatoms. The minimum absolute atomic E-state index is 1.02. The Hall–Kier alpha value is -0.0400. The van der Waals surface area contributed by atoms with Gasteiger partial charge in [-0.2, -0.15) is 0 Å². The van der Waals surface area contributed by atoms with Gasteiger partial charge in [-0.15, -0.1) is 0 Å². The molecule has 66 valence electrons. The van der Waals surface area contributed by atoms with E-state index < -0.39 is 0 Å². The van der Waals surface area contributed by atoms with E-state index in [9.17, 15) is 0 Å². The van der Waals surface area contributed by atoms with Crippen LogP contribution in [0.25, 0.3) is 0 Å². The molecule has 1 saturated carbocycles. The van der Waals surface area contributed by atoms with E-state index in [0.717, 1.165) is 17.8 Å². The first-order valence-corrected chi connectivity index (χ1v) is 5.08. The van der Waals surface area contributed by atoms with E-state index in [0.29, 0.717) is 0 Å². The molecule has 11 heavy (non-hydrogen) atoms. The number of hydrogen-bond acceptors (Lipinski definition) is 1. The second-order valence-corrected chi connectivity index (χ2v) is 3.61. The second kappa shape index (κ2) is 4.10. The summed E-state index contributed by atoms with van der Waals surface area (Å²) in [5.41, 5.74) is 0. The van der Waals surface area contributed by atoms with Crippen LogP contribution in [-0.4, -0.2) is 13.1 Å². The lowest BCUT2D eigenvalue weighted by Gasteiger charge is -2.27. The van der Waals surface area contributed by atoms with Crippen LogP contribution in [-0.2, 0) is 0 Å². The lowest BCUT2D eigenvalue weighted by molar-refractivity contribution is 0.267. The summed E-state index contributed by atoms with van der Waals surface area (Å²) in [6, 6.07) is 0. The number of rotatable bonds is 0. The highest BCUT2D eigenvalue weighted by molar-refractivity contribution is 4.88. The Balaban J connectivity index is 0.000000281. The molecule has 1 nitrogen and oxygen atoms in total. The van der Waals surface area contributed by atoms with Crippen LogP contribution in [0.2, 0.25) is 0 Å². The van der Waals surface area contributed by atoms with Gasteiger partial charge in [0.1, 0.15) is 0 Å². The van der Waals surface area contributed by atoms with Crippen molar-refractivity contribution in [3.05, 3.63) is 0 Å². The quantitative estimate of drug-likeness (QED) is 0.566. The third-order valence-electron chi connectivity index (χ3n) is 3.21. The summed E-state index contributed by atoms with van der Waals surface area (Å²) in [5, 5.41) is 3.48. The highest BCUT2D eigenvalue weighted by Crippen LogP contribution is 2.38. The molecule has 0 radical (unpaired) electrons. The highest BCUT2D eigenvalue weighted by atomic mass is 14.9. The maximum Gasteiger partial charge on any atom is -0.00177 e. The average molecular weight is 155 g/mol. The van der Waals surface area contributed by atoms with Crippen molar-refractivity contribution in [3.63, 3.8) is 0 Å². The summed E-state index contributed by atoms with van der Waals surface area (Å²) in [7, 11) is 0. The molecule has 2 unspecified atom stereocenters. The summed E-state index contributed by atoms with van der Waals surface area (Å²) in [4.78, 5) is 0. The van der Waals surface area contributed by atoms with Crippen molar-refractivity contribution >= 4 is 0 Å². The minimum atomic E-state index is 1.02. The lowest BCUT2D eigenvalue weighted by atomic mass is 9.88. The van der Waals surface area contributed by atoms with Crippen molar-refractivity contribution in [2.45, 2.75) is 33.6 Å².